The zero-order valence-corrected chi connectivity index (χ0v) is 12.4. The maximum absolute atomic E-state index is 12.5. The van der Waals surface area contributed by atoms with E-state index in [0.717, 1.165) is 24.3 Å². The number of benzene rings is 2. The van der Waals surface area contributed by atoms with Gasteiger partial charge in [0, 0.05) is 30.9 Å². The van der Waals surface area contributed by atoms with E-state index in [1.165, 1.54) is 0 Å². The second-order valence-electron chi connectivity index (χ2n) is 5.62. The molecular formula is C18H19NO2. The normalized spacial score (nSPS) is 13.8. The second-order valence-corrected chi connectivity index (χ2v) is 5.62. The molecule has 0 aliphatic heterocycles. The zero-order valence-electron chi connectivity index (χ0n) is 12.4. The van der Waals surface area contributed by atoms with Crippen LogP contribution in [-0.2, 0) is 0 Å². The molecule has 0 N–H and O–H groups in total. The highest BCUT2D eigenvalue weighted by atomic mass is 16.5. The van der Waals surface area contributed by atoms with Crippen molar-refractivity contribution in [3.05, 3.63) is 59.7 Å². The number of carbonyl (C=O) groups excluding carboxylic acids is 1. The number of rotatable bonds is 5. The molecule has 0 spiro atoms. The fourth-order valence-electron chi connectivity index (χ4n) is 2.16. The predicted molar refractivity (Wildman–Crippen MR) is 84.3 cm³/mol. The molecule has 0 amide bonds. The Labute approximate surface area is 125 Å². The SMILES string of the molecule is CN(C)c1cccc(C(=O)c2ccc(OC3CC3)cc2)c1. The highest BCUT2D eigenvalue weighted by Crippen LogP contribution is 2.27. The molecule has 1 aliphatic carbocycles. The van der Waals surface area contributed by atoms with Crippen LogP contribution >= 0.6 is 0 Å². The van der Waals surface area contributed by atoms with Crippen molar-refractivity contribution in [1.82, 2.24) is 0 Å². The molecule has 0 saturated heterocycles. The van der Waals surface area contributed by atoms with Crippen LogP contribution in [0, 0.1) is 0 Å². The van der Waals surface area contributed by atoms with Gasteiger partial charge in [0.1, 0.15) is 5.75 Å². The topological polar surface area (TPSA) is 29.5 Å². The van der Waals surface area contributed by atoms with E-state index in [1.807, 2.05) is 67.5 Å². The lowest BCUT2D eigenvalue weighted by Gasteiger charge is -2.13. The van der Waals surface area contributed by atoms with Gasteiger partial charge in [-0.25, -0.2) is 0 Å². The third kappa shape index (κ3) is 3.24. The van der Waals surface area contributed by atoms with E-state index in [-0.39, 0.29) is 5.78 Å². The van der Waals surface area contributed by atoms with Crippen LogP contribution in [0.25, 0.3) is 0 Å². The largest absolute Gasteiger partial charge is 0.490 e. The molecule has 0 radical (unpaired) electrons. The molecule has 2 aromatic carbocycles. The number of anilines is 1. The fourth-order valence-corrected chi connectivity index (χ4v) is 2.16. The Kier molecular flexibility index (Phi) is 3.65. The van der Waals surface area contributed by atoms with E-state index < -0.39 is 0 Å². The van der Waals surface area contributed by atoms with Gasteiger partial charge in [-0.15, -0.1) is 0 Å². The standard InChI is InChI=1S/C18H19NO2/c1-19(2)15-5-3-4-14(12-15)18(20)13-6-8-16(9-7-13)21-17-10-11-17/h3-9,12,17H,10-11H2,1-2H3. The first-order valence-electron chi connectivity index (χ1n) is 7.22. The molecule has 1 saturated carbocycles. The summed E-state index contributed by atoms with van der Waals surface area (Å²) in [6, 6.07) is 15.1. The minimum absolute atomic E-state index is 0.0386. The van der Waals surface area contributed by atoms with Crippen molar-refractivity contribution in [3.8, 4) is 5.75 Å². The fraction of sp³-hybridized carbons (Fsp3) is 0.278. The number of nitrogens with zero attached hydrogens (tertiary/aromatic N) is 1. The molecule has 0 atom stereocenters. The molecule has 2 aromatic rings. The Bertz CT molecular complexity index is 643. The first-order valence-corrected chi connectivity index (χ1v) is 7.22. The average Bonchev–Trinajstić information content (AvgIpc) is 3.31. The van der Waals surface area contributed by atoms with Gasteiger partial charge >= 0.3 is 0 Å². The van der Waals surface area contributed by atoms with Gasteiger partial charge in [0.05, 0.1) is 6.10 Å². The lowest BCUT2D eigenvalue weighted by molar-refractivity contribution is 0.103. The molecule has 3 heteroatoms. The lowest BCUT2D eigenvalue weighted by atomic mass is 10.0. The summed E-state index contributed by atoms with van der Waals surface area (Å²) in [6.07, 6.45) is 2.65. The molecule has 21 heavy (non-hydrogen) atoms. The van der Waals surface area contributed by atoms with Crippen LogP contribution in [0.3, 0.4) is 0 Å². The zero-order chi connectivity index (χ0) is 14.8. The predicted octanol–water partition coefficient (Wildman–Crippen LogP) is 3.52. The van der Waals surface area contributed by atoms with Crippen molar-refractivity contribution >= 4 is 11.5 Å². The molecule has 0 unspecified atom stereocenters. The molecule has 3 nitrogen and oxygen atoms in total. The van der Waals surface area contributed by atoms with Crippen molar-refractivity contribution in [2.75, 3.05) is 19.0 Å². The van der Waals surface area contributed by atoms with Gasteiger partial charge in [-0.05, 0) is 49.2 Å². The molecule has 0 heterocycles. The van der Waals surface area contributed by atoms with E-state index in [9.17, 15) is 4.79 Å². The van der Waals surface area contributed by atoms with Gasteiger partial charge < -0.3 is 9.64 Å². The van der Waals surface area contributed by atoms with Gasteiger partial charge in [-0.2, -0.15) is 0 Å². The first-order chi connectivity index (χ1) is 10.1. The van der Waals surface area contributed by atoms with Crippen LogP contribution in [0.1, 0.15) is 28.8 Å². The number of ether oxygens (including phenoxy) is 1. The molecular weight excluding hydrogens is 262 g/mol. The van der Waals surface area contributed by atoms with Gasteiger partial charge in [0.2, 0.25) is 0 Å². The summed E-state index contributed by atoms with van der Waals surface area (Å²) in [4.78, 5) is 14.5. The number of hydrogen-bond acceptors (Lipinski definition) is 3. The molecule has 0 bridgehead atoms. The minimum Gasteiger partial charge on any atom is -0.490 e. The average molecular weight is 281 g/mol. The van der Waals surface area contributed by atoms with E-state index in [4.69, 9.17) is 4.74 Å². The maximum Gasteiger partial charge on any atom is 0.193 e. The second kappa shape index (κ2) is 5.60. The Morgan fingerprint density at radius 1 is 1.05 bits per heavy atom. The molecule has 108 valence electrons. The summed E-state index contributed by atoms with van der Waals surface area (Å²) >= 11 is 0. The van der Waals surface area contributed by atoms with Crippen molar-refractivity contribution < 1.29 is 9.53 Å². The van der Waals surface area contributed by atoms with E-state index in [0.29, 0.717) is 17.2 Å². The van der Waals surface area contributed by atoms with Gasteiger partial charge in [-0.1, -0.05) is 12.1 Å². The highest BCUT2D eigenvalue weighted by Gasteiger charge is 2.23. The van der Waals surface area contributed by atoms with Crippen molar-refractivity contribution in [1.29, 1.82) is 0 Å². The Balaban J connectivity index is 1.78. The maximum atomic E-state index is 12.5. The van der Waals surface area contributed by atoms with Crippen LogP contribution in [0.2, 0.25) is 0 Å². The Morgan fingerprint density at radius 2 is 1.76 bits per heavy atom. The van der Waals surface area contributed by atoms with Gasteiger partial charge in [0.25, 0.3) is 0 Å². The van der Waals surface area contributed by atoms with Crippen LogP contribution in [-0.4, -0.2) is 26.0 Å². The smallest absolute Gasteiger partial charge is 0.193 e. The molecule has 1 fully saturated rings. The monoisotopic (exact) mass is 281 g/mol. The molecule has 1 aliphatic rings. The summed E-state index contributed by atoms with van der Waals surface area (Å²) in [5.41, 5.74) is 2.42. The number of carbonyl (C=O) groups is 1. The highest BCUT2D eigenvalue weighted by molar-refractivity contribution is 6.09. The van der Waals surface area contributed by atoms with Crippen LogP contribution < -0.4 is 9.64 Å². The quantitative estimate of drug-likeness (QED) is 0.785. The lowest BCUT2D eigenvalue weighted by Crippen LogP contribution is -2.10. The summed E-state index contributed by atoms with van der Waals surface area (Å²) in [7, 11) is 3.93. The van der Waals surface area contributed by atoms with Crippen molar-refractivity contribution in [2.24, 2.45) is 0 Å². The van der Waals surface area contributed by atoms with Crippen LogP contribution in [0.15, 0.2) is 48.5 Å². The third-order valence-corrected chi connectivity index (χ3v) is 3.57. The van der Waals surface area contributed by atoms with Gasteiger partial charge in [-0.3, -0.25) is 4.79 Å². The van der Waals surface area contributed by atoms with E-state index in [2.05, 4.69) is 0 Å². The summed E-state index contributed by atoms with van der Waals surface area (Å²) in [5.74, 6) is 0.882. The Morgan fingerprint density at radius 3 is 2.38 bits per heavy atom. The Hall–Kier alpha value is -2.29. The van der Waals surface area contributed by atoms with Crippen LogP contribution in [0.4, 0.5) is 5.69 Å². The van der Waals surface area contributed by atoms with E-state index in [1.54, 1.807) is 0 Å². The van der Waals surface area contributed by atoms with Gasteiger partial charge in [0.15, 0.2) is 5.78 Å². The number of ketones is 1. The summed E-state index contributed by atoms with van der Waals surface area (Å²) < 4.78 is 5.70. The molecule has 3 rings (SSSR count). The van der Waals surface area contributed by atoms with Crippen LogP contribution in [0.5, 0.6) is 5.75 Å². The summed E-state index contributed by atoms with van der Waals surface area (Å²) in [5, 5.41) is 0. The van der Waals surface area contributed by atoms with Crippen molar-refractivity contribution in [3.63, 3.8) is 0 Å². The third-order valence-electron chi connectivity index (χ3n) is 3.57. The summed E-state index contributed by atoms with van der Waals surface area (Å²) in [6.45, 7) is 0. The van der Waals surface area contributed by atoms with Crippen molar-refractivity contribution in [2.45, 2.75) is 18.9 Å². The van der Waals surface area contributed by atoms with E-state index >= 15 is 0 Å². The first kappa shape index (κ1) is 13.7. The number of hydrogen-bond donors (Lipinski definition) is 0. The minimum atomic E-state index is 0.0386. The molecule has 0 aromatic heterocycles.